The highest BCUT2D eigenvalue weighted by Crippen LogP contribution is 2.33. The number of ether oxygens (including phenoxy) is 2. The molecule has 2 aliphatic rings. The number of carbonyl (C=O) groups is 2. The number of amides is 2. The van der Waals surface area contributed by atoms with Gasteiger partial charge in [-0.25, -0.2) is 4.39 Å². The summed E-state index contributed by atoms with van der Waals surface area (Å²) >= 11 is 5.95. The normalized spacial score (nSPS) is 17.2. The van der Waals surface area contributed by atoms with E-state index in [0.717, 1.165) is 5.56 Å². The number of halogens is 2. The highest BCUT2D eigenvalue weighted by atomic mass is 35.5. The van der Waals surface area contributed by atoms with Crippen molar-refractivity contribution in [3.8, 4) is 5.75 Å². The first-order valence-corrected chi connectivity index (χ1v) is 13.6. The first-order chi connectivity index (χ1) is 19.3. The number of fused-ring (bicyclic) bond motifs is 3. The Morgan fingerprint density at radius 1 is 1.02 bits per heavy atom. The molecule has 0 fully saturated rings. The molecule has 2 aromatic carbocycles. The van der Waals surface area contributed by atoms with Gasteiger partial charge in [-0.3, -0.25) is 19.0 Å². The lowest BCUT2D eigenvalue weighted by Gasteiger charge is -2.35. The van der Waals surface area contributed by atoms with Crippen LogP contribution in [0.15, 0.2) is 53.3 Å². The number of methoxy groups -OCH3 is 1. The molecule has 8 nitrogen and oxygen atoms in total. The maximum atomic E-state index is 14.0. The minimum atomic E-state index is -0.543. The van der Waals surface area contributed by atoms with Gasteiger partial charge >= 0.3 is 0 Å². The molecule has 10 heteroatoms. The van der Waals surface area contributed by atoms with E-state index in [0.29, 0.717) is 50.1 Å². The Morgan fingerprint density at radius 3 is 2.52 bits per heavy atom. The Hall–Kier alpha value is -3.69. The third-order valence-corrected chi connectivity index (χ3v) is 7.82. The van der Waals surface area contributed by atoms with Crippen molar-refractivity contribution in [2.24, 2.45) is 0 Å². The molecule has 0 unspecified atom stereocenters. The van der Waals surface area contributed by atoms with Gasteiger partial charge in [0.2, 0.25) is 0 Å². The van der Waals surface area contributed by atoms with E-state index in [9.17, 15) is 18.8 Å². The van der Waals surface area contributed by atoms with Crippen molar-refractivity contribution in [3.05, 3.63) is 97.7 Å². The number of carbonyl (C=O) groups excluding carboxylic acids is 2. The number of nitrogens with zero attached hydrogens (tertiary/aromatic N) is 3. The lowest BCUT2D eigenvalue weighted by molar-refractivity contribution is 0.0655. The van der Waals surface area contributed by atoms with Crippen LogP contribution in [0.2, 0.25) is 5.02 Å². The lowest BCUT2D eigenvalue weighted by atomic mass is 9.93. The molecule has 2 amide bonds. The molecule has 1 aromatic heterocycles. The smallest absolute Gasteiger partial charge is 0.294 e. The van der Waals surface area contributed by atoms with Gasteiger partial charge in [0, 0.05) is 32.2 Å². The van der Waals surface area contributed by atoms with Crippen LogP contribution in [0, 0.1) is 5.82 Å². The fourth-order valence-corrected chi connectivity index (χ4v) is 5.70. The molecule has 0 aliphatic carbocycles. The Balaban J connectivity index is 1.54. The van der Waals surface area contributed by atoms with Gasteiger partial charge in [-0.1, -0.05) is 48.0 Å². The molecule has 0 radical (unpaired) electrons. The van der Waals surface area contributed by atoms with E-state index in [-0.39, 0.29) is 41.1 Å². The van der Waals surface area contributed by atoms with Crippen LogP contribution in [0.5, 0.6) is 5.75 Å². The van der Waals surface area contributed by atoms with E-state index in [4.69, 9.17) is 21.1 Å². The largest absolute Gasteiger partial charge is 0.490 e. The monoisotopic (exact) mass is 567 g/mol. The van der Waals surface area contributed by atoms with Crippen LogP contribution >= 0.6 is 11.6 Å². The molecule has 0 bridgehead atoms. The van der Waals surface area contributed by atoms with Crippen LogP contribution < -0.4 is 10.3 Å². The standard InChI is InChI=1S/C30H31ClFN3O5/c1-33-13-6-9-21(18-40-17-19-7-4-3-5-8-19)35-26(29(33)37)22-12-14-34(16-20-10-11-24(32)23(31)15-20)28(36)25(22)27(39-2)30(35)38/h3-5,7-8,10-11,15,21H,6,9,12-14,16-18H2,1-2H3/t21-/m0/s1. The highest BCUT2D eigenvalue weighted by molar-refractivity contribution is 6.30. The summed E-state index contributed by atoms with van der Waals surface area (Å²) in [6, 6.07) is 13.6. The third-order valence-electron chi connectivity index (χ3n) is 7.53. The SMILES string of the molecule is COc1c2c(c3n(c1=O)[C@H](COCc1ccccc1)CCCN(C)C3=O)CCN(Cc1ccc(F)c(Cl)c1)C2=O. The maximum Gasteiger partial charge on any atom is 0.294 e. The molecule has 0 saturated carbocycles. The Bertz CT molecular complexity index is 1490. The molecule has 210 valence electrons. The molecule has 3 aromatic rings. The summed E-state index contributed by atoms with van der Waals surface area (Å²) in [4.78, 5) is 44.6. The van der Waals surface area contributed by atoms with Crippen molar-refractivity contribution >= 4 is 23.4 Å². The van der Waals surface area contributed by atoms with E-state index in [1.165, 1.54) is 23.8 Å². The second kappa shape index (κ2) is 11.8. The van der Waals surface area contributed by atoms with E-state index in [1.54, 1.807) is 22.9 Å². The van der Waals surface area contributed by atoms with Gasteiger partial charge in [0.25, 0.3) is 17.4 Å². The number of aromatic nitrogens is 1. The van der Waals surface area contributed by atoms with E-state index in [2.05, 4.69) is 0 Å². The molecule has 40 heavy (non-hydrogen) atoms. The Morgan fingerprint density at radius 2 is 1.80 bits per heavy atom. The number of hydrogen-bond acceptors (Lipinski definition) is 5. The number of rotatable bonds is 7. The Kier molecular flexibility index (Phi) is 8.23. The minimum Gasteiger partial charge on any atom is -0.490 e. The second-order valence-electron chi connectivity index (χ2n) is 10.2. The fraction of sp³-hybridized carbons (Fsp3) is 0.367. The van der Waals surface area contributed by atoms with Gasteiger partial charge in [-0.05, 0) is 42.5 Å². The van der Waals surface area contributed by atoms with Gasteiger partial charge in [0.15, 0.2) is 5.75 Å². The van der Waals surface area contributed by atoms with Gasteiger partial charge in [-0.2, -0.15) is 0 Å². The molecule has 1 atom stereocenters. The summed E-state index contributed by atoms with van der Waals surface area (Å²) in [5.41, 5.74) is 1.94. The zero-order valence-electron chi connectivity index (χ0n) is 22.5. The number of hydrogen-bond donors (Lipinski definition) is 0. The van der Waals surface area contributed by atoms with Crippen molar-refractivity contribution in [1.82, 2.24) is 14.4 Å². The number of benzene rings is 2. The third kappa shape index (κ3) is 5.36. The van der Waals surface area contributed by atoms with E-state index in [1.807, 2.05) is 30.3 Å². The molecule has 0 saturated heterocycles. The summed E-state index contributed by atoms with van der Waals surface area (Å²) in [5, 5.41) is -0.0336. The van der Waals surface area contributed by atoms with E-state index < -0.39 is 23.3 Å². The molecule has 0 spiro atoms. The molecule has 3 heterocycles. The maximum absolute atomic E-state index is 14.0. The molecule has 5 rings (SSSR count). The predicted molar refractivity (Wildman–Crippen MR) is 148 cm³/mol. The molecule has 0 N–H and O–H groups in total. The van der Waals surface area contributed by atoms with E-state index >= 15 is 0 Å². The zero-order valence-corrected chi connectivity index (χ0v) is 23.2. The number of pyridine rings is 1. The zero-order chi connectivity index (χ0) is 28.4. The van der Waals surface area contributed by atoms with Crippen molar-refractivity contribution in [2.45, 2.75) is 38.5 Å². The van der Waals surface area contributed by atoms with Crippen LogP contribution in [-0.2, 0) is 24.3 Å². The summed E-state index contributed by atoms with van der Waals surface area (Å²) in [7, 11) is 3.06. The summed E-state index contributed by atoms with van der Waals surface area (Å²) in [5.74, 6) is -1.36. The molecule has 2 aliphatic heterocycles. The van der Waals surface area contributed by atoms with Gasteiger partial charge in [-0.15, -0.1) is 0 Å². The van der Waals surface area contributed by atoms with Crippen molar-refractivity contribution in [1.29, 1.82) is 0 Å². The fourth-order valence-electron chi connectivity index (χ4n) is 5.49. The summed E-state index contributed by atoms with van der Waals surface area (Å²) in [6.45, 7) is 1.60. The van der Waals surface area contributed by atoms with Gasteiger partial charge in [0.1, 0.15) is 11.5 Å². The van der Waals surface area contributed by atoms with Crippen LogP contribution in [0.1, 0.15) is 56.4 Å². The topological polar surface area (TPSA) is 81.1 Å². The highest BCUT2D eigenvalue weighted by Gasteiger charge is 2.38. The average molecular weight is 568 g/mol. The average Bonchev–Trinajstić information content (AvgIpc) is 2.95. The van der Waals surface area contributed by atoms with Crippen molar-refractivity contribution in [3.63, 3.8) is 0 Å². The predicted octanol–water partition coefficient (Wildman–Crippen LogP) is 4.47. The van der Waals surface area contributed by atoms with Crippen molar-refractivity contribution in [2.75, 3.05) is 33.9 Å². The van der Waals surface area contributed by atoms with Crippen LogP contribution in [0.3, 0.4) is 0 Å². The summed E-state index contributed by atoms with van der Waals surface area (Å²) < 4.78 is 26.7. The molecular formula is C30H31ClFN3O5. The minimum absolute atomic E-state index is 0.0336. The van der Waals surface area contributed by atoms with Gasteiger partial charge in [0.05, 0.1) is 37.0 Å². The van der Waals surface area contributed by atoms with Gasteiger partial charge < -0.3 is 19.3 Å². The second-order valence-corrected chi connectivity index (χ2v) is 10.6. The quantitative estimate of drug-likeness (QED) is 0.421. The summed E-state index contributed by atoms with van der Waals surface area (Å²) in [6.07, 6.45) is 1.66. The Labute approximate surface area is 236 Å². The first-order valence-electron chi connectivity index (χ1n) is 13.3. The molecular weight excluding hydrogens is 537 g/mol. The first kappa shape index (κ1) is 27.9. The van der Waals surface area contributed by atoms with Crippen LogP contribution in [-0.4, -0.2) is 60.0 Å². The van der Waals surface area contributed by atoms with Crippen LogP contribution in [0.25, 0.3) is 0 Å². The van der Waals surface area contributed by atoms with Crippen LogP contribution in [0.4, 0.5) is 4.39 Å². The lowest BCUT2D eigenvalue weighted by Crippen LogP contribution is -2.45. The van der Waals surface area contributed by atoms with Crippen molar-refractivity contribution < 1.29 is 23.5 Å².